The van der Waals surface area contributed by atoms with E-state index in [4.69, 9.17) is 4.99 Å². The second-order valence-corrected chi connectivity index (χ2v) is 9.27. The van der Waals surface area contributed by atoms with Gasteiger partial charge in [0, 0.05) is 43.3 Å². The number of rotatable bonds is 8. The molecule has 5 rings (SSSR count). The first-order valence-electron chi connectivity index (χ1n) is 12.3. The number of H-pyrrole nitrogens is 1. The van der Waals surface area contributed by atoms with Crippen LogP contribution < -0.4 is 10.6 Å². The molecule has 3 N–H and O–H groups in total. The number of imide groups is 1. The van der Waals surface area contributed by atoms with Crippen molar-refractivity contribution in [2.75, 3.05) is 26.2 Å². The van der Waals surface area contributed by atoms with Crippen LogP contribution in [-0.2, 0) is 22.4 Å². The van der Waals surface area contributed by atoms with E-state index in [0.29, 0.717) is 25.6 Å². The molecular formula is C26H34IN5O2. The lowest BCUT2D eigenvalue weighted by molar-refractivity contribution is -0.140. The molecule has 34 heavy (non-hydrogen) atoms. The van der Waals surface area contributed by atoms with Gasteiger partial charge in [-0.05, 0) is 49.1 Å². The third-order valence-corrected chi connectivity index (χ3v) is 7.45. The SMILES string of the molecule is CCNC(=NCCc1c[nH]c2c(CC)cccc12)NCCN1C(=O)C2C3C=CC(C3)C2C1=O.I. The van der Waals surface area contributed by atoms with Crippen LogP contribution in [0.25, 0.3) is 10.9 Å². The maximum Gasteiger partial charge on any atom is 0.233 e. The van der Waals surface area contributed by atoms with Gasteiger partial charge in [0.15, 0.2) is 5.96 Å². The zero-order valence-corrected chi connectivity index (χ0v) is 22.2. The number of carbonyl (C=O) groups excluding carboxylic acids is 2. The Morgan fingerprint density at radius 1 is 1.09 bits per heavy atom. The monoisotopic (exact) mass is 575 g/mol. The smallest absolute Gasteiger partial charge is 0.233 e. The van der Waals surface area contributed by atoms with Crippen LogP contribution in [0, 0.1) is 23.7 Å². The van der Waals surface area contributed by atoms with E-state index >= 15 is 0 Å². The molecule has 4 unspecified atom stereocenters. The number of para-hydroxylation sites is 1. The van der Waals surface area contributed by atoms with E-state index in [1.54, 1.807) is 0 Å². The standard InChI is InChI=1S/C26H33N5O2.HI/c1-3-16-6-5-7-20-19(15-30-23(16)20)10-11-28-26(27-4-2)29-12-13-31-24(32)21-17-8-9-18(14-17)22(21)25(31)33;/h5-9,15,17-18,21-22,30H,3-4,10-14H2,1-2H3,(H2,27,28,29);1H. The van der Waals surface area contributed by atoms with Crippen LogP contribution in [0.5, 0.6) is 0 Å². The molecule has 1 aliphatic heterocycles. The van der Waals surface area contributed by atoms with Crippen molar-refractivity contribution in [3.8, 4) is 0 Å². The van der Waals surface area contributed by atoms with Gasteiger partial charge < -0.3 is 15.6 Å². The Morgan fingerprint density at radius 2 is 1.82 bits per heavy atom. The van der Waals surface area contributed by atoms with Crippen LogP contribution >= 0.6 is 24.0 Å². The van der Waals surface area contributed by atoms with E-state index in [9.17, 15) is 9.59 Å². The predicted octanol–water partition coefficient (Wildman–Crippen LogP) is 3.25. The number of amides is 2. The van der Waals surface area contributed by atoms with Gasteiger partial charge >= 0.3 is 0 Å². The van der Waals surface area contributed by atoms with Crippen molar-refractivity contribution in [1.82, 2.24) is 20.5 Å². The van der Waals surface area contributed by atoms with E-state index in [1.807, 2.05) is 6.92 Å². The number of aromatic amines is 1. The number of carbonyl (C=O) groups is 2. The van der Waals surface area contributed by atoms with Gasteiger partial charge in [-0.3, -0.25) is 19.5 Å². The number of fused-ring (bicyclic) bond motifs is 6. The summed E-state index contributed by atoms with van der Waals surface area (Å²) < 4.78 is 0. The van der Waals surface area contributed by atoms with Crippen LogP contribution in [0.1, 0.15) is 31.4 Å². The lowest BCUT2D eigenvalue weighted by Crippen LogP contribution is -2.43. The number of guanidine groups is 1. The van der Waals surface area contributed by atoms with Crippen LogP contribution in [0.4, 0.5) is 0 Å². The molecule has 1 saturated carbocycles. The number of nitrogens with one attached hydrogen (secondary N) is 3. The molecule has 7 nitrogen and oxygen atoms in total. The lowest BCUT2D eigenvalue weighted by atomic mass is 9.85. The Morgan fingerprint density at radius 3 is 2.50 bits per heavy atom. The Kier molecular flexibility index (Phi) is 7.64. The Hall–Kier alpha value is -2.36. The molecular weight excluding hydrogens is 541 g/mol. The number of nitrogens with zero attached hydrogens (tertiary/aromatic N) is 2. The molecule has 3 aliphatic rings. The first-order valence-corrected chi connectivity index (χ1v) is 12.3. The third kappa shape index (κ3) is 4.36. The van der Waals surface area contributed by atoms with Crippen LogP contribution in [0.15, 0.2) is 41.5 Å². The third-order valence-electron chi connectivity index (χ3n) is 7.45. The topological polar surface area (TPSA) is 89.6 Å². The average Bonchev–Trinajstić information content (AvgIpc) is 3.59. The molecule has 2 amide bonds. The highest BCUT2D eigenvalue weighted by atomic mass is 127. The predicted molar refractivity (Wildman–Crippen MR) is 145 cm³/mol. The minimum Gasteiger partial charge on any atom is -0.361 e. The van der Waals surface area contributed by atoms with Crippen molar-refractivity contribution >= 4 is 52.7 Å². The van der Waals surface area contributed by atoms with Gasteiger partial charge in [-0.2, -0.15) is 0 Å². The first kappa shape index (κ1) is 24.8. The second kappa shape index (κ2) is 10.5. The molecule has 2 heterocycles. The highest BCUT2D eigenvalue weighted by Crippen LogP contribution is 2.52. The fourth-order valence-corrected chi connectivity index (χ4v) is 5.88. The molecule has 2 bridgehead atoms. The molecule has 0 spiro atoms. The Balaban J connectivity index is 0.00000274. The summed E-state index contributed by atoms with van der Waals surface area (Å²) in [6.45, 7) is 6.49. The minimum atomic E-state index is -0.126. The molecule has 2 aromatic rings. The fraction of sp³-hybridized carbons (Fsp3) is 0.500. The van der Waals surface area contributed by atoms with Crippen LogP contribution in [0.2, 0.25) is 0 Å². The van der Waals surface area contributed by atoms with Crippen molar-refractivity contribution in [1.29, 1.82) is 0 Å². The number of hydrogen-bond donors (Lipinski definition) is 3. The first-order chi connectivity index (χ1) is 16.1. The number of allylic oxidation sites excluding steroid dienone is 2. The number of halogens is 1. The van der Waals surface area contributed by atoms with Gasteiger partial charge in [-0.1, -0.05) is 37.3 Å². The summed E-state index contributed by atoms with van der Waals surface area (Å²) in [6, 6.07) is 6.44. The molecule has 1 saturated heterocycles. The number of aromatic nitrogens is 1. The van der Waals surface area contributed by atoms with E-state index in [-0.39, 0.29) is 59.5 Å². The molecule has 182 valence electrons. The fourth-order valence-electron chi connectivity index (χ4n) is 5.88. The van der Waals surface area contributed by atoms with Gasteiger partial charge in [0.2, 0.25) is 11.8 Å². The quantitative estimate of drug-likeness (QED) is 0.148. The van der Waals surface area contributed by atoms with Gasteiger partial charge in [0.25, 0.3) is 0 Å². The maximum atomic E-state index is 12.8. The number of hydrogen-bond acceptors (Lipinski definition) is 3. The largest absolute Gasteiger partial charge is 0.361 e. The van der Waals surface area contributed by atoms with Crippen molar-refractivity contribution in [3.63, 3.8) is 0 Å². The Labute approximate surface area is 217 Å². The highest BCUT2D eigenvalue weighted by Gasteiger charge is 2.58. The van der Waals surface area contributed by atoms with Crippen molar-refractivity contribution in [2.45, 2.75) is 33.1 Å². The molecule has 8 heteroatoms. The number of benzene rings is 1. The second-order valence-electron chi connectivity index (χ2n) is 9.27. The molecule has 1 aromatic carbocycles. The molecule has 4 atom stereocenters. The van der Waals surface area contributed by atoms with E-state index in [2.05, 4.69) is 59.1 Å². The summed E-state index contributed by atoms with van der Waals surface area (Å²) in [4.78, 5) is 35.3. The van der Waals surface area contributed by atoms with Crippen molar-refractivity contribution < 1.29 is 9.59 Å². The zero-order valence-electron chi connectivity index (χ0n) is 19.8. The van der Waals surface area contributed by atoms with E-state index in [1.165, 1.54) is 26.9 Å². The number of aliphatic imine (C=N–C) groups is 1. The highest BCUT2D eigenvalue weighted by molar-refractivity contribution is 14.0. The maximum absolute atomic E-state index is 12.8. The average molecular weight is 575 g/mol. The molecule has 1 aromatic heterocycles. The molecule has 0 radical (unpaired) electrons. The normalized spacial score (nSPS) is 25.2. The van der Waals surface area contributed by atoms with Crippen LogP contribution in [0.3, 0.4) is 0 Å². The van der Waals surface area contributed by atoms with Crippen LogP contribution in [-0.4, -0.2) is 53.8 Å². The summed E-state index contributed by atoms with van der Waals surface area (Å²) in [7, 11) is 0. The van der Waals surface area contributed by atoms with Crippen molar-refractivity contribution in [3.05, 3.63) is 47.7 Å². The van der Waals surface area contributed by atoms with Gasteiger partial charge in [-0.25, -0.2) is 0 Å². The molecule has 2 aliphatic carbocycles. The summed E-state index contributed by atoms with van der Waals surface area (Å²) in [6.07, 6.45) is 9.16. The van der Waals surface area contributed by atoms with E-state index < -0.39 is 0 Å². The zero-order chi connectivity index (χ0) is 22.9. The lowest BCUT2D eigenvalue weighted by Gasteiger charge is -2.18. The summed E-state index contributed by atoms with van der Waals surface area (Å²) in [5.41, 5.74) is 3.82. The minimum absolute atomic E-state index is 0. The Bertz CT molecular complexity index is 1090. The molecule has 2 fully saturated rings. The van der Waals surface area contributed by atoms with Gasteiger partial charge in [-0.15, -0.1) is 24.0 Å². The summed E-state index contributed by atoms with van der Waals surface area (Å²) in [5, 5.41) is 7.83. The summed E-state index contributed by atoms with van der Waals surface area (Å²) >= 11 is 0. The summed E-state index contributed by atoms with van der Waals surface area (Å²) in [5.74, 6) is 0.996. The number of likely N-dealkylation sites (tertiary alicyclic amines) is 1. The number of aryl methyl sites for hydroxylation is 1. The van der Waals surface area contributed by atoms with E-state index in [0.717, 1.165) is 25.8 Å². The van der Waals surface area contributed by atoms with Gasteiger partial charge in [0.05, 0.1) is 11.8 Å². The van der Waals surface area contributed by atoms with Crippen molar-refractivity contribution in [2.24, 2.45) is 28.7 Å². The van der Waals surface area contributed by atoms with Gasteiger partial charge in [0.1, 0.15) is 0 Å².